The van der Waals surface area contributed by atoms with Crippen LogP contribution in [0, 0.1) is 6.92 Å². The number of hydrogen-bond acceptors (Lipinski definition) is 3. The Morgan fingerprint density at radius 1 is 1.19 bits per heavy atom. The van der Waals surface area contributed by atoms with Crippen LogP contribution in [0.3, 0.4) is 0 Å². The third-order valence-corrected chi connectivity index (χ3v) is 8.18. The highest BCUT2D eigenvalue weighted by atomic mass is 127. The van der Waals surface area contributed by atoms with E-state index in [9.17, 15) is 14.7 Å². The summed E-state index contributed by atoms with van der Waals surface area (Å²) in [5.41, 5.74) is 2.61. The monoisotopic (exact) mass is 568 g/mol. The summed E-state index contributed by atoms with van der Waals surface area (Å²) in [7, 11) is 1.86. The number of carbonyl (C=O) groups is 2. The minimum atomic E-state index is -0.776. The highest BCUT2D eigenvalue weighted by Crippen LogP contribution is 2.48. The average Bonchev–Trinajstić information content (AvgIpc) is 3.37. The number of aliphatic carboxylic acids is 1. The quantitative estimate of drug-likeness (QED) is 0.488. The van der Waals surface area contributed by atoms with Crippen molar-refractivity contribution in [2.45, 2.75) is 44.1 Å². The number of rotatable bonds is 6. The molecule has 0 spiro atoms. The zero-order valence-electron chi connectivity index (χ0n) is 18.3. The van der Waals surface area contributed by atoms with Crippen LogP contribution in [0.2, 0.25) is 0 Å². The molecule has 2 heterocycles. The molecule has 1 saturated heterocycles. The normalized spacial score (nSPS) is 22.4. The molecule has 1 saturated carbocycles. The minimum Gasteiger partial charge on any atom is -0.481 e. The summed E-state index contributed by atoms with van der Waals surface area (Å²) < 4.78 is 8.49. The summed E-state index contributed by atoms with van der Waals surface area (Å²) in [5, 5.41) is 13.4. The lowest BCUT2D eigenvalue weighted by Crippen LogP contribution is -2.47. The maximum Gasteiger partial charge on any atom is 0.314 e. The van der Waals surface area contributed by atoms with Crippen LogP contribution in [0.15, 0.2) is 33.9 Å². The third kappa shape index (κ3) is 3.88. The zero-order valence-corrected chi connectivity index (χ0v) is 21.2. The number of amides is 1. The Hall–Kier alpha value is -1.84. The van der Waals surface area contributed by atoms with Gasteiger partial charge in [0.2, 0.25) is 0 Å². The summed E-state index contributed by atoms with van der Waals surface area (Å²) >= 11 is 8.65. The Morgan fingerprint density at radius 2 is 1.81 bits per heavy atom. The van der Waals surface area contributed by atoms with Gasteiger partial charge in [-0.1, -0.05) is 35.9 Å². The maximum absolute atomic E-state index is 13.4. The second kappa shape index (κ2) is 8.50. The molecule has 1 aromatic heterocycles. The topological polar surface area (TPSA) is 80.6 Å². The first-order valence-electron chi connectivity index (χ1n) is 10.5. The van der Waals surface area contributed by atoms with Crippen LogP contribution in [0.5, 0.6) is 0 Å². The molecule has 1 amide bonds. The molecular weight excluding hydrogens is 543 g/mol. The summed E-state index contributed by atoms with van der Waals surface area (Å²) in [6.07, 6.45) is 1.97. The predicted octanol–water partition coefficient (Wildman–Crippen LogP) is 4.86. The largest absolute Gasteiger partial charge is 0.481 e. The molecule has 170 valence electrons. The predicted molar refractivity (Wildman–Crippen MR) is 132 cm³/mol. The van der Waals surface area contributed by atoms with Gasteiger partial charge >= 0.3 is 5.97 Å². The summed E-state index contributed by atoms with van der Waals surface area (Å²) in [6, 6.07) is 9.43. The van der Waals surface area contributed by atoms with Crippen molar-refractivity contribution in [3.8, 4) is 0 Å². The molecule has 2 N–H and O–H groups in total. The van der Waals surface area contributed by atoms with Gasteiger partial charge in [-0.2, -0.15) is 0 Å². The van der Waals surface area contributed by atoms with Crippen molar-refractivity contribution >= 4 is 51.1 Å². The third-order valence-electron chi connectivity index (χ3n) is 6.83. The Kier molecular flexibility index (Phi) is 6.19. The fraction of sp³-hybridized carbons (Fsp3) is 0.417. The first-order valence-corrected chi connectivity index (χ1v) is 12.0. The fourth-order valence-corrected chi connectivity index (χ4v) is 4.91. The van der Waals surface area contributed by atoms with Gasteiger partial charge < -0.3 is 19.7 Å². The number of allylic oxidation sites excluding steroid dienone is 1. The SMILES string of the molecule is C/C(I)=C(/Cl)c1cc(C(=O)NC2(c3ccc(C4(C(=O)O)CC4)cc3)CCOC2)n(C)c1C. The van der Waals surface area contributed by atoms with Crippen molar-refractivity contribution in [3.05, 3.63) is 62.0 Å². The number of nitrogens with one attached hydrogen (secondary N) is 1. The molecule has 1 aliphatic heterocycles. The van der Waals surface area contributed by atoms with E-state index in [-0.39, 0.29) is 5.91 Å². The second-order valence-corrected chi connectivity index (χ2v) is 10.7. The smallest absolute Gasteiger partial charge is 0.314 e. The lowest BCUT2D eigenvalue weighted by molar-refractivity contribution is -0.140. The molecule has 1 unspecified atom stereocenters. The van der Waals surface area contributed by atoms with Gasteiger partial charge in [-0.05, 0) is 66.5 Å². The fourth-order valence-electron chi connectivity index (χ4n) is 4.43. The van der Waals surface area contributed by atoms with E-state index in [1.165, 1.54) is 0 Å². The molecule has 2 aromatic rings. The highest BCUT2D eigenvalue weighted by Gasteiger charge is 2.52. The minimum absolute atomic E-state index is 0.198. The lowest BCUT2D eigenvalue weighted by Gasteiger charge is -2.30. The summed E-state index contributed by atoms with van der Waals surface area (Å²) in [6.45, 7) is 4.78. The van der Waals surface area contributed by atoms with Crippen molar-refractivity contribution in [1.82, 2.24) is 9.88 Å². The number of hydrogen-bond donors (Lipinski definition) is 2. The van der Waals surface area contributed by atoms with Crippen LogP contribution >= 0.6 is 34.2 Å². The molecule has 0 bridgehead atoms. The van der Waals surface area contributed by atoms with Crippen molar-refractivity contribution < 1.29 is 19.4 Å². The van der Waals surface area contributed by atoms with Crippen LogP contribution in [0.25, 0.3) is 5.03 Å². The van der Waals surface area contributed by atoms with Crippen molar-refractivity contribution in [2.24, 2.45) is 7.05 Å². The molecule has 6 nitrogen and oxygen atoms in total. The molecule has 2 aliphatic rings. The van der Waals surface area contributed by atoms with E-state index in [4.69, 9.17) is 16.3 Å². The lowest BCUT2D eigenvalue weighted by atomic mass is 9.86. The van der Waals surface area contributed by atoms with Gasteiger partial charge in [0, 0.05) is 34.9 Å². The molecule has 8 heteroatoms. The number of carboxylic acids is 1. The van der Waals surface area contributed by atoms with E-state index >= 15 is 0 Å². The Bertz CT molecular complexity index is 1110. The van der Waals surface area contributed by atoms with Crippen molar-refractivity contribution in [2.75, 3.05) is 13.2 Å². The van der Waals surface area contributed by atoms with E-state index in [0.29, 0.717) is 43.2 Å². The van der Waals surface area contributed by atoms with Gasteiger partial charge in [-0.25, -0.2) is 0 Å². The van der Waals surface area contributed by atoms with Gasteiger partial charge in [0.15, 0.2) is 0 Å². The van der Waals surface area contributed by atoms with Gasteiger partial charge in [0.1, 0.15) is 5.69 Å². The first-order chi connectivity index (χ1) is 15.1. The number of aromatic nitrogens is 1. The number of nitrogens with zero attached hydrogens (tertiary/aromatic N) is 1. The summed E-state index contributed by atoms with van der Waals surface area (Å²) in [4.78, 5) is 25.0. The first kappa shape index (κ1) is 23.3. The number of carboxylic acid groups (broad SMARTS) is 1. The number of ether oxygens (including phenoxy) is 1. The number of halogens is 2. The number of carbonyl (C=O) groups excluding carboxylic acids is 1. The van der Waals surface area contributed by atoms with E-state index in [2.05, 4.69) is 27.9 Å². The maximum atomic E-state index is 13.4. The highest BCUT2D eigenvalue weighted by molar-refractivity contribution is 14.1. The van der Waals surface area contributed by atoms with Gasteiger partial charge in [-0.3, -0.25) is 9.59 Å². The van der Waals surface area contributed by atoms with Crippen molar-refractivity contribution in [1.29, 1.82) is 0 Å². The molecule has 32 heavy (non-hydrogen) atoms. The summed E-state index contributed by atoms with van der Waals surface area (Å²) in [5.74, 6) is -0.974. The zero-order chi connectivity index (χ0) is 23.3. The van der Waals surface area contributed by atoms with Crippen molar-refractivity contribution in [3.63, 3.8) is 0 Å². The standard InChI is InChI=1S/C24H26ClIN2O4/c1-14(26)20(25)18-12-19(28(3)15(18)2)21(29)27-24(10-11-32-13-24)17-6-4-16(5-7-17)23(8-9-23)22(30)31/h4-7,12H,8-11,13H2,1-3H3,(H,27,29)(H,30,31)/b20-14-. The Labute approximate surface area is 206 Å². The van der Waals surface area contributed by atoms with E-state index < -0.39 is 16.9 Å². The van der Waals surface area contributed by atoms with E-state index in [1.807, 2.05) is 55.8 Å². The average molecular weight is 569 g/mol. The molecular formula is C24H26ClIN2O4. The Morgan fingerprint density at radius 3 is 2.31 bits per heavy atom. The molecule has 0 radical (unpaired) electrons. The molecule has 4 rings (SSSR count). The molecule has 1 aliphatic carbocycles. The Balaban J connectivity index is 1.63. The van der Waals surface area contributed by atoms with Crippen LogP contribution in [-0.2, 0) is 27.5 Å². The van der Waals surface area contributed by atoms with E-state index in [1.54, 1.807) is 0 Å². The van der Waals surface area contributed by atoms with E-state index in [0.717, 1.165) is 26.0 Å². The van der Waals surface area contributed by atoms with Gasteiger partial charge in [0.05, 0.1) is 22.6 Å². The van der Waals surface area contributed by atoms with Gasteiger partial charge in [-0.15, -0.1) is 0 Å². The van der Waals surface area contributed by atoms with Crippen LogP contribution in [0.1, 0.15) is 59.1 Å². The van der Waals surface area contributed by atoms with Crippen LogP contribution in [0.4, 0.5) is 0 Å². The van der Waals surface area contributed by atoms with Gasteiger partial charge in [0.25, 0.3) is 5.91 Å². The molecule has 1 atom stereocenters. The number of benzene rings is 1. The molecule has 1 aromatic carbocycles. The molecule has 2 fully saturated rings. The van der Waals surface area contributed by atoms with Crippen LogP contribution in [-0.4, -0.2) is 34.8 Å². The van der Waals surface area contributed by atoms with Crippen LogP contribution < -0.4 is 5.32 Å². The second-order valence-electron chi connectivity index (χ2n) is 8.74.